The van der Waals surface area contributed by atoms with Crippen molar-refractivity contribution in [1.29, 1.82) is 0 Å². The summed E-state index contributed by atoms with van der Waals surface area (Å²) in [5, 5.41) is 15.2. The van der Waals surface area contributed by atoms with Crippen molar-refractivity contribution in [3.63, 3.8) is 0 Å². The highest BCUT2D eigenvalue weighted by Crippen LogP contribution is 2.38. The van der Waals surface area contributed by atoms with E-state index in [4.69, 9.17) is 4.98 Å². The lowest BCUT2D eigenvalue weighted by Gasteiger charge is -2.42. The van der Waals surface area contributed by atoms with Crippen LogP contribution in [0.5, 0.6) is 0 Å². The number of nitrogens with zero attached hydrogens (tertiary/aromatic N) is 4. The van der Waals surface area contributed by atoms with E-state index in [1.807, 2.05) is 24.4 Å². The molecular formula is C21H26N6. The molecule has 6 heteroatoms. The van der Waals surface area contributed by atoms with Crippen molar-refractivity contribution in [2.75, 3.05) is 10.6 Å². The molecule has 0 amide bonds. The van der Waals surface area contributed by atoms with Gasteiger partial charge in [0.05, 0.1) is 29.1 Å². The molecule has 0 bridgehead atoms. The van der Waals surface area contributed by atoms with Gasteiger partial charge in [-0.05, 0) is 61.4 Å². The highest BCUT2D eigenvalue weighted by atomic mass is 15.2. The number of hydrogen-bond donors (Lipinski definition) is 2. The molecule has 0 radical (unpaired) electrons. The third kappa shape index (κ3) is 3.70. The van der Waals surface area contributed by atoms with E-state index >= 15 is 0 Å². The second kappa shape index (κ2) is 7.10. The second-order valence-corrected chi connectivity index (χ2v) is 7.73. The molecule has 1 saturated carbocycles. The first-order valence-corrected chi connectivity index (χ1v) is 9.71. The van der Waals surface area contributed by atoms with Gasteiger partial charge in [-0.1, -0.05) is 20.8 Å². The van der Waals surface area contributed by atoms with Crippen LogP contribution in [0.2, 0.25) is 0 Å². The first-order chi connectivity index (χ1) is 13.1. The summed E-state index contributed by atoms with van der Waals surface area (Å²) in [4.78, 5) is 9.29. The van der Waals surface area contributed by atoms with Gasteiger partial charge in [-0.2, -0.15) is 5.10 Å². The molecule has 0 aromatic carbocycles. The topological polar surface area (TPSA) is 75.6 Å². The number of pyridine rings is 2. The van der Waals surface area contributed by atoms with Gasteiger partial charge < -0.3 is 10.6 Å². The maximum Gasteiger partial charge on any atom is 0.154 e. The lowest BCUT2D eigenvalue weighted by atomic mass is 9.75. The van der Waals surface area contributed by atoms with E-state index in [2.05, 4.69) is 52.7 Å². The average Bonchev–Trinajstić information content (AvgIpc) is 2.64. The maximum absolute atomic E-state index is 4.72. The number of aromatic nitrogens is 4. The molecule has 1 fully saturated rings. The summed E-state index contributed by atoms with van der Waals surface area (Å²) in [6.45, 7) is 6.52. The highest BCUT2D eigenvalue weighted by Gasteiger charge is 2.34. The number of rotatable bonds is 6. The van der Waals surface area contributed by atoms with Crippen molar-refractivity contribution in [1.82, 2.24) is 20.2 Å². The van der Waals surface area contributed by atoms with Crippen LogP contribution in [0, 0.1) is 0 Å². The Kier molecular flexibility index (Phi) is 4.64. The van der Waals surface area contributed by atoms with Gasteiger partial charge in [0.1, 0.15) is 5.82 Å². The molecule has 1 aliphatic rings. The Morgan fingerprint density at radius 1 is 1.07 bits per heavy atom. The van der Waals surface area contributed by atoms with Crippen LogP contribution in [-0.2, 0) is 0 Å². The van der Waals surface area contributed by atoms with Crippen LogP contribution in [0.25, 0.3) is 11.0 Å². The standard InChI is InChI=1S/C21H26N6/c1-4-21(8-5-9-21)26-16-11-18-17(22-13-16)6-7-19(24-18)25-20-10-15(14(2)3)12-23-27-20/h6-7,10-14,26H,4-5,8-9H2,1-3H3,(H,24,25,27). The molecule has 0 saturated heterocycles. The normalized spacial score (nSPS) is 15.6. The smallest absolute Gasteiger partial charge is 0.154 e. The van der Waals surface area contributed by atoms with E-state index in [9.17, 15) is 0 Å². The lowest BCUT2D eigenvalue weighted by molar-refractivity contribution is 0.269. The summed E-state index contributed by atoms with van der Waals surface area (Å²) in [5.74, 6) is 1.85. The van der Waals surface area contributed by atoms with Crippen LogP contribution in [-0.4, -0.2) is 25.7 Å². The van der Waals surface area contributed by atoms with E-state index in [-0.39, 0.29) is 5.54 Å². The summed E-state index contributed by atoms with van der Waals surface area (Å²) in [6.07, 6.45) is 8.58. The maximum atomic E-state index is 4.72. The van der Waals surface area contributed by atoms with Crippen molar-refractivity contribution in [3.05, 3.63) is 42.2 Å². The minimum atomic E-state index is 0.234. The summed E-state index contributed by atoms with van der Waals surface area (Å²) in [5.41, 5.74) is 4.16. The fourth-order valence-electron chi connectivity index (χ4n) is 3.51. The quantitative estimate of drug-likeness (QED) is 0.640. The van der Waals surface area contributed by atoms with Gasteiger partial charge in [0.2, 0.25) is 0 Å². The van der Waals surface area contributed by atoms with Crippen LogP contribution in [0.15, 0.2) is 36.7 Å². The van der Waals surface area contributed by atoms with Gasteiger partial charge in [0.25, 0.3) is 0 Å². The third-order valence-electron chi connectivity index (χ3n) is 5.53. The minimum Gasteiger partial charge on any atom is -0.378 e. The van der Waals surface area contributed by atoms with E-state index in [0.717, 1.165) is 34.5 Å². The SMILES string of the molecule is CCC1(Nc2cnc3ccc(Nc4cc(C(C)C)cnn4)nc3c2)CCC1. The first-order valence-electron chi connectivity index (χ1n) is 9.71. The Labute approximate surface area is 159 Å². The molecule has 0 spiro atoms. The molecule has 3 heterocycles. The molecule has 0 atom stereocenters. The van der Waals surface area contributed by atoms with Crippen LogP contribution in [0.4, 0.5) is 17.3 Å². The van der Waals surface area contributed by atoms with Gasteiger partial charge in [-0.25, -0.2) is 4.98 Å². The largest absolute Gasteiger partial charge is 0.378 e. The van der Waals surface area contributed by atoms with Crippen molar-refractivity contribution in [2.24, 2.45) is 0 Å². The fourth-order valence-corrected chi connectivity index (χ4v) is 3.51. The zero-order valence-corrected chi connectivity index (χ0v) is 16.2. The van der Waals surface area contributed by atoms with Crippen molar-refractivity contribution in [2.45, 2.75) is 57.9 Å². The Balaban J connectivity index is 1.58. The molecule has 1 aliphatic carbocycles. The number of nitrogens with one attached hydrogen (secondary N) is 2. The zero-order chi connectivity index (χ0) is 18.9. The molecule has 27 heavy (non-hydrogen) atoms. The fraction of sp³-hybridized carbons (Fsp3) is 0.429. The highest BCUT2D eigenvalue weighted by molar-refractivity contribution is 5.80. The van der Waals surface area contributed by atoms with Gasteiger partial charge in [-0.3, -0.25) is 4.98 Å². The van der Waals surface area contributed by atoms with E-state index in [0.29, 0.717) is 11.7 Å². The number of fused-ring (bicyclic) bond motifs is 1. The average molecular weight is 362 g/mol. The monoisotopic (exact) mass is 362 g/mol. The lowest BCUT2D eigenvalue weighted by Crippen LogP contribution is -2.44. The minimum absolute atomic E-state index is 0.234. The van der Waals surface area contributed by atoms with Crippen molar-refractivity contribution < 1.29 is 0 Å². The molecule has 140 valence electrons. The molecule has 2 N–H and O–H groups in total. The predicted octanol–water partition coefficient (Wildman–Crippen LogP) is 5.03. The van der Waals surface area contributed by atoms with E-state index in [1.165, 1.54) is 19.3 Å². The Hall–Kier alpha value is -2.76. The van der Waals surface area contributed by atoms with E-state index < -0.39 is 0 Å². The van der Waals surface area contributed by atoms with Crippen molar-refractivity contribution in [3.8, 4) is 0 Å². The number of hydrogen-bond acceptors (Lipinski definition) is 6. The molecule has 3 aromatic rings. The third-order valence-corrected chi connectivity index (χ3v) is 5.53. The predicted molar refractivity (Wildman–Crippen MR) is 109 cm³/mol. The van der Waals surface area contributed by atoms with Crippen LogP contribution >= 0.6 is 0 Å². The number of anilines is 3. The Bertz CT molecular complexity index is 943. The van der Waals surface area contributed by atoms with Gasteiger partial charge in [-0.15, -0.1) is 5.10 Å². The van der Waals surface area contributed by atoms with Crippen LogP contribution in [0.3, 0.4) is 0 Å². The molecule has 6 nitrogen and oxygen atoms in total. The molecular weight excluding hydrogens is 336 g/mol. The zero-order valence-electron chi connectivity index (χ0n) is 16.2. The van der Waals surface area contributed by atoms with Gasteiger partial charge >= 0.3 is 0 Å². The first kappa shape index (κ1) is 17.6. The molecule has 3 aromatic heterocycles. The summed E-state index contributed by atoms with van der Waals surface area (Å²) in [7, 11) is 0. The summed E-state index contributed by atoms with van der Waals surface area (Å²) >= 11 is 0. The summed E-state index contributed by atoms with van der Waals surface area (Å²) < 4.78 is 0. The van der Waals surface area contributed by atoms with E-state index in [1.54, 1.807) is 6.20 Å². The Morgan fingerprint density at radius 3 is 2.63 bits per heavy atom. The molecule has 0 aliphatic heterocycles. The second-order valence-electron chi connectivity index (χ2n) is 7.73. The molecule has 4 rings (SSSR count). The van der Waals surface area contributed by atoms with Crippen LogP contribution in [0.1, 0.15) is 57.9 Å². The van der Waals surface area contributed by atoms with Gasteiger partial charge in [0.15, 0.2) is 5.82 Å². The Morgan fingerprint density at radius 2 is 1.93 bits per heavy atom. The van der Waals surface area contributed by atoms with Crippen molar-refractivity contribution >= 4 is 28.4 Å². The van der Waals surface area contributed by atoms with Gasteiger partial charge in [0, 0.05) is 5.54 Å². The summed E-state index contributed by atoms with van der Waals surface area (Å²) in [6, 6.07) is 8.00. The molecule has 0 unspecified atom stereocenters. The van der Waals surface area contributed by atoms with Crippen LogP contribution < -0.4 is 10.6 Å².